The molecule has 0 amide bonds. The van der Waals surface area contributed by atoms with E-state index >= 15 is 0 Å². The third-order valence-electron chi connectivity index (χ3n) is 6.34. The van der Waals surface area contributed by atoms with Crippen LogP contribution in [0.1, 0.15) is 29.2 Å². The molecule has 0 saturated carbocycles. The average Bonchev–Trinajstić information content (AvgIpc) is 3.02. The van der Waals surface area contributed by atoms with Crippen LogP contribution in [0.2, 0.25) is 0 Å². The third-order valence-corrected chi connectivity index (χ3v) is 6.34. The van der Waals surface area contributed by atoms with E-state index < -0.39 is 0 Å². The van der Waals surface area contributed by atoms with Crippen LogP contribution in [0.5, 0.6) is 0 Å². The Kier molecular flexibility index (Phi) is 3.70. The van der Waals surface area contributed by atoms with Gasteiger partial charge >= 0.3 is 0 Å². The second-order valence-electron chi connectivity index (χ2n) is 7.70. The molecule has 0 aromatic heterocycles. The Hall–Kier alpha value is -2.10. The Morgan fingerprint density at radius 1 is 1.08 bits per heavy atom. The van der Waals surface area contributed by atoms with E-state index in [1.165, 1.54) is 33.5 Å². The highest BCUT2D eigenvalue weighted by Crippen LogP contribution is 2.56. The van der Waals surface area contributed by atoms with Gasteiger partial charge in [-0.1, -0.05) is 48.0 Å². The summed E-state index contributed by atoms with van der Waals surface area (Å²) in [5.74, 6) is 0.522. The van der Waals surface area contributed by atoms with Crippen LogP contribution in [0.4, 0.5) is 5.69 Å². The van der Waals surface area contributed by atoms with E-state index in [4.69, 9.17) is 9.47 Å². The summed E-state index contributed by atoms with van der Waals surface area (Å²) in [5.41, 5.74) is 8.04. The van der Waals surface area contributed by atoms with Gasteiger partial charge in [0, 0.05) is 37.9 Å². The van der Waals surface area contributed by atoms with Crippen molar-refractivity contribution >= 4 is 11.3 Å². The number of ether oxygens (including phenoxy) is 2. The number of fused-ring (bicyclic) bond motifs is 5. The molecule has 2 aromatic carbocycles. The molecule has 1 fully saturated rings. The van der Waals surface area contributed by atoms with Gasteiger partial charge in [-0.25, -0.2) is 0 Å². The first-order chi connectivity index (χ1) is 12.7. The van der Waals surface area contributed by atoms with E-state index in [1.54, 1.807) is 0 Å². The van der Waals surface area contributed by atoms with Gasteiger partial charge in [0.15, 0.2) is 0 Å². The number of anilines is 1. The molecule has 1 saturated heterocycles. The van der Waals surface area contributed by atoms with Crippen molar-refractivity contribution in [3.63, 3.8) is 0 Å². The number of likely N-dealkylation sites (N-methyl/N-ethyl adjacent to an activating group) is 1. The van der Waals surface area contributed by atoms with Gasteiger partial charge in [-0.05, 0) is 36.1 Å². The van der Waals surface area contributed by atoms with E-state index in [2.05, 4.69) is 67.4 Å². The van der Waals surface area contributed by atoms with Crippen molar-refractivity contribution < 1.29 is 9.47 Å². The van der Waals surface area contributed by atoms with Gasteiger partial charge in [0.05, 0.1) is 12.1 Å². The van der Waals surface area contributed by atoms with E-state index in [0.717, 1.165) is 13.0 Å². The summed E-state index contributed by atoms with van der Waals surface area (Å²) in [4.78, 5) is 2.39. The average molecular weight is 347 g/mol. The fourth-order valence-electron chi connectivity index (χ4n) is 5.08. The summed E-state index contributed by atoms with van der Waals surface area (Å²) >= 11 is 0. The first-order valence-electron chi connectivity index (χ1n) is 9.48. The Morgan fingerprint density at radius 2 is 1.85 bits per heavy atom. The predicted octanol–water partition coefficient (Wildman–Crippen LogP) is 4.37. The van der Waals surface area contributed by atoms with Gasteiger partial charge in [0.2, 0.25) is 0 Å². The summed E-state index contributed by atoms with van der Waals surface area (Å²) in [6.45, 7) is 2.99. The fraction of sp³-hybridized carbons (Fsp3) is 0.391. The minimum absolute atomic E-state index is 0.00413. The maximum Gasteiger partial charge on any atom is 0.106 e. The lowest BCUT2D eigenvalue weighted by Crippen LogP contribution is -2.43. The summed E-state index contributed by atoms with van der Waals surface area (Å²) in [6.07, 6.45) is 1.35. The van der Waals surface area contributed by atoms with E-state index in [9.17, 15) is 0 Å². The zero-order valence-corrected chi connectivity index (χ0v) is 15.6. The van der Waals surface area contributed by atoms with E-state index in [-0.39, 0.29) is 18.2 Å². The van der Waals surface area contributed by atoms with Crippen LogP contribution in [0.15, 0.2) is 54.1 Å². The topological polar surface area (TPSA) is 21.7 Å². The zero-order chi connectivity index (χ0) is 17.8. The molecule has 3 nitrogen and oxygen atoms in total. The Balaban J connectivity index is 1.72. The van der Waals surface area contributed by atoms with Gasteiger partial charge < -0.3 is 14.4 Å². The van der Waals surface area contributed by atoms with Crippen molar-refractivity contribution in [3.8, 4) is 0 Å². The molecule has 5 rings (SSSR count). The highest BCUT2D eigenvalue weighted by molar-refractivity contribution is 5.87. The smallest absolute Gasteiger partial charge is 0.106 e. The second-order valence-corrected chi connectivity index (χ2v) is 7.70. The van der Waals surface area contributed by atoms with Crippen LogP contribution in [-0.2, 0) is 9.47 Å². The Morgan fingerprint density at radius 3 is 2.62 bits per heavy atom. The molecule has 0 spiro atoms. The number of hydrogen-bond acceptors (Lipinski definition) is 3. The highest BCUT2D eigenvalue weighted by atomic mass is 16.5. The number of nitrogens with zero attached hydrogens (tertiary/aromatic N) is 1. The Labute approximate surface area is 155 Å². The molecule has 0 unspecified atom stereocenters. The lowest BCUT2D eigenvalue weighted by molar-refractivity contribution is 0.0515. The summed E-state index contributed by atoms with van der Waals surface area (Å²) in [5, 5.41) is 0. The van der Waals surface area contributed by atoms with Gasteiger partial charge in [-0.3, -0.25) is 0 Å². The number of aryl methyl sites for hydroxylation is 1. The van der Waals surface area contributed by atoms with Crippen molar-refractivity contribution in [1.82, 2.24) is 0 Å². The molecule has 26 heavy (non-hydrogen) atoms. The largest absolute Gasteiger partial charge is 0.374 e. The molecule has 0 bridgehead atoms. The first kappa shape index (κ1) is 16.1. The summed E-state index contributed by atoms with van der Waals surface area (Å²) in [6, 6.07) is 17.8. The van der Waals surface area contributed by atoms with Crippen molar-refractivity contribution in [2.75, 3.05) is 25.7 Å². The van der Waals surface area contributed by atoms with Crippen molar-refractivity contribution in [1.29, 1.82) is 0 Å². The Bertz CT molecular complexity index is 870. The van der Waals surface area contributed by atoms with Crippen LogP contribution in [0, 0.1) is 12.8 Å². The van der Waals surface area contributed by atoms with Gasteiger partial charge in [0.25, 0.3) is 0 Å². The van der Waals surface area contributed by atoms with Crippen LogP contribution < -0.4 is 4.90 Å². The quantitative estimate of drug-likeness (QED) is 0.805. The molecular weight excluding hydrogens is 322 g/mol. The van der Waals surface area contributed by atoms with Gasteiger partial charge in [-0.2, -0.15) is 0 Å². The number of benzene rings is 2. The molecule has 0 N–H and O–H groups in total. The molecule has 0 radical (unpaired) electrons. The molecule has 1 aliphatic carbocycles. The number of methoxy groups -OCH3 is 1. The summed E-state index contributed by atoms with van der Waals surface area (Å²) in [7, 11) is 4.03. The predicted molar refractivity (Wildman–Crippen MR) is 104 cm³/mol. The number of hydrogen-bond donors (Lipinski definition) is 0. The SMILES string of the molecule is CO[C@@H]1C2=C(c3ccccc3N(C)[C@H]1c1ccc(C)cc1)[C@H]1CCO[C@@H]21. The monoisotopic (exact) mass is 347 g/mol. The molecular formula is C23H25NO2. The van der Waals surface area contributed by atoms with Crippen LogP contribution in [0.3, 0.4) is 0 Å². The molecule has 2 aromatic rings. The fourth-order valence-corrected chi connectivity index (χ4v) is 5.08. The maximum absolute atomic E-state index is 6.13. The van der Waals surface area contributed by atoms with Crippen LogP contribution in [-0.4, -0.2) is 33.0 Å². The molecule has 2 aliphatic heterocycles. The molecule has 3 aliphatic rings. The van der Waals surface area contributed by atoms with E-state index in [0.29, 0.717) is 5.92 Å². The van der Waals surface area contributed by atoms with Crippen molar-refractivity contribution in [3.05, 3.63) is 70.8 Å². The standard InChI is InChI=1S/C23H25NO2/c1-14-8-10-15(11-9-14)21-23(25-3)20-19(17-12-13-26-22(17)20)16-6-4-5-7-18(16)24(21)2/h4-11,17,21-23H,12-13H2,1-3H3/t17-,21+,22-,23-/m1/s1. The first-order valence-corrected chi connectivity index (χ1v) is 9.48. The van der Waals surface area contributed by atoms with Gasteiger partial charge in [0.1, 0.15) is 6.10 Å². The van der Waals surface area contributed by atoms with Gasteiger partial charge in [-0.15, -0.1) is 0 Å². The molecule has 3 heteroatoms. The van der Waals surface area contributed by atoms with Crippen molar-refractivity contribution in [2.45, 2.75) is 31.6 Å². The number of rotatable bonds is 2. The third kappa shape index (κ3) is 2.14. The molecule has 4 atom stereocenters. The summed E-state index contributed by atoms with van der Waals surface area (Å²) < 4.78 is 12.2. The maximum atomic E-state index is 6.13. The second kappa shape index (κ2) is 5.97. The van der Waals surface area contributed by atoms with E-state index in [1.807, 2.05) is 7.11 Å². The molecule has 2 heterocycles. The van der Waals surface area contributed by atoms with Crippen LogP contribution in [0.25, 0.3) is 5.57 Å². The van der Waals surface area contributed by atoms with Crippen LogP contribution >= 0.6 is 0 Å². The lowest BCUT2D eigenvalue weighted by atomic mass is 9.68. The lowest BCUT2D eigenvalue weighted by Gasteiger charge is -2.41. The minimum Gasteiger partial charge on any atom is -0.374 e. The highest BCUT2D eigenvalue weighted by Gasteiger charge is 2.52. The number of para-hydroxylation sites is 1. The minimum atomic E-state index is 0.00413. The molecule has 134 valence electrons. The normalized spacial score (nSPS) is 29.6. The van der Waals surface area contributed by atoms with Crippen molar-refractivity contribution in [2.24, 2.45) is 5.92 Å². The zero-order valence-electron chi connectivity index (χ0n) is 15.6.